The summed E-state index contributed by atoms with van der Waals surface area (Å²) in [5.41, 5.74) is 3.76. The molecule has 8 nitrogen and oxygen atoms in total. The van der Waals surface area contributed by atoms with Gasteiger partial charge in [-0.1, -0.05) is 56.0 Å². The van der Waals surface area contributed by atoms with Crippen LogP contribution in [0.5, 0.6) is 0 Å². The van der Waals surface area contributed by atoms with Crippen molar-refractivity contribution in [1.82, 2.24) is 15.2 Å². The molecule has 2 aromatic carbocycles. The van der Waals surface area contributed by atoms with Gasteiger partial charge in [-0.2, -0.15) is 0 Å². The van der Waals surface area contributed by atoms with Crippen molar-refractivity contribution in [2.45, 2.75) is 83.0 Å². The summed E-state index contributed by atoms with van der Waals surface area (Å²) in [7, 11) is -1.94. The summed E-state index contributed by atoms with van der Waals surface area (Å²) < 4.78 is 29.2. The molecule has 0 bridgehead atoms. The fraction of sp³-hybridized carbons (Fsp3) is 0.516. The van der Waals surface area contributed by atoms with Crippen LogP contribution >= 0.6 is 0 Å². The van der Waals surface area contributed by atoms with Crippen molar-refractivity contribution in [1.29, 1.82) is 0 Å². The zero-order valence-electron chi connectivity index (χ0n) is 23.6. The molecule has 216 valence electrons. The van der Waals surface area contributed by atoms with Crippen LogP contribution in [0, 0.1) is 0 Å². The molecule has 1 fully saturated rings. The zero-order valence-corrected chi connectivity index (χ0v) is 24.4. The van der Waals surface area contributed by atoms with Crippen molar-refractivity contribution < 1.29 is 18.3 Å². The summed E-state index contributed by atoms with van der Waals surface area (Å²) in [5.74, 6) is -0.296. The molecule has 1 saturated carbocycles. The van der Waals surface area contributed by atoms with Crippen LogP contribution in [0.15, 0.2) is 48.7 Å². The number of amides is 1. The number of carbonyl (C=O) groups is 1. The summed E-state index contributed by atoms with van der Waals surface area (Å²) in [6.07, 6.45) is 9.30. The van der Waals surface area contributed by atoms with Gasteiger partial charge in [0.2, 0.25) is 10.0 Å². The van der Waals surface area contributed by atoms with Gasteiger partial charge in [0.1, 0.15) is 0 Å². The number of nitrogens with zero attached hydrogens (tertiary/aromatic N) is 2. The minimum absolute atomic E-state index is 0.0296. The van der Waals surface area contributed by atoms with Crippen LogP contribution in [0.25, 0.3) is 10.9 Å². The predicted octanol–water partition coefficient (Wildman–Crippen LogP) is 4.00. The lowest BCUT2D eigenvalue weighted by Crippen LogP contribution is -2.50. The molecule has 0 radical (unpaired) electrons. The Hall–Kier alpha value is -2.88. The van der Waals surface area contributed by atoms with Crippen LogP contribution in [-0.2, 0) is 29.4 Å². The van der Waals surface area contributed by atoms with E-state index in [1.165, 1.54) is 30.0 Å². The minimum atomic E-state index is -3.50. The number of aliphatic hydroxyl groups is 1. The molecule has 0 spiro atoms. The second kappa shape index (κ2) is 12.3. The summed E-state index contributed by atoms with van der Waals surface area (Å²) >= 11 is 0. The Morgan fingerprint density at radius 1 is 1.10 bits per heavy atom. The van der Waals surface area contributed by atoms with Gasteiger partial charge >= 0.3 is 0 Å². The minimum Gasteiger partial charge on any atom is -0.390 e. The number of nitrogens with one attached hydrogen (secondary N) is 2. The molecule has 3 N–H and O–H groups in total. The van der Waals surface area contributed by atoms with E-state index in [4.69, 9.17) is 0 Å². The highest BCUT2D eigenvalue weighted by molar-refractivity contribution is 7.92. The van der Waals surface area contributed by atoms with E-state index < -0.39 is 22.2 Å². The number of aryl methyl sites for hydroxylation is 2. The zero-order chi connectivity index (χ0) is 28.3. The Morgan fingerprint density at radius 2 is 1.82 bits per heavy atom. The summed E-state index contributed by atoms with van der Waals surface area (Å²) in [4.78, 5) is 13.8. The molecule has 5 rings (SSSR count). The van der Waals surface area contributed by atoms with Crippen LogP contribution in [0.2, 0.25) is 0 Å². The molecule has 1 aromatic heterocycles. The Bertz CT molecular complexity index is 1430. The number of hydrogen-bond donors (Lipinski definition) is 3. The van der Waals surface area contributed by atoms with Crippen molar-refractivity contribution in [2.75, 3.05) is 23.7 Å². The topological polar surface area (TPSA) is 104 Å². The molecule has 3 aromatic rings. The van der Waals surface area contributed by atoms with E-state index in [1.807, 2.05) is 49.5 Å². The maximum atomic E-state index is 13.8. The maximum Gasteiger partial charge on any atom is 0.251 e. The summed E-state index contributed by atoms with van der Waals surface area (Å²) in [6, 6.07) is 13.3. The number of anilines is 1. The number of sulfonamides is 1. The average Bonchev–Trinajstić information content (AvgIpc) is 3.07. The van der Waals surface area contributed by atoms with Gasteiger partial charge in [0, 0.05) is 43.3 Å². The lowest BCUT2D eigenvalue weighted by Gasteiger charge is -2.27. The van der Waals surface area contributed by atoms with Crippen LogP contribution in [0.3, 0.4) is 0 Å². The third kappa shape index (κ3) is 6.21. The average molecular weight is 567 g/mol. The number of carbonyl (C=O) groups excluding carboxylic acids is 1. The van der Waals surface area contributed by atoms with Crippen molar-refractivity contribution in [2.24, 2.45) is 0 Å². The molecular weight excluding hydrogens is 524 g/mol. The van der Waals surface area contributed by atoms with Crippen LogP contribution in [0.1, 0.15) is 66.9 Å². The molecule has 9 heteroatoms. The monoisotopic (exact) mass is 566 g/mol. The first kappa shape index (κ1) is 28.6. The van der Waals surface area contributed by atoms with Crippen LogP contribution < -0.4 is 14.9 Å². The first-order valence-corrected chi connectivity index (χ1v) is 16.3. The van der Waals surface area contributed by atoms with Gasteiger partial charge in [-0.3, -0.25) is 9.10 Å². The number of aliphatic hydroxyl groups excluding tert-OH is 1. The molecule has 1 aliphatic heterocycles. The Balaban J connectivity index is 1.42. The van der Waals surface area contributed by atoms with Crippen molar-refractivity contribution in [3.05, 3.63) is 65.4 Å². The standard InChI is InChI=1S/C31H42N4O4S/c1-3-35-21-23-15-16-40(38,39)34(2)27-18-24(19-28(35)30(23)27)31(37)33-26(17-22-11-7-6-8-12-22)29(36)20-32-25-13-9-4-5-10-14-25/h6-8,11-12,18-19,21,25-26,29,32,36H,3-5,9-10,13-17,20H2,1-2H3,(H,33,37)/t26-,29+/m0/s1. The van der Waals surface area contributed by atoms with Gasteiger partial charge in [0.05, 0.1) is 29.1 Å². The summed E-state index contributed by atoms with van der Waals surface area (Å²) in [5, 5.41) is 18.9. The number of aromatic nitrogens is 1. The third-order valence-corrected chi connectivity index (χ3v) is 10.3. The lowest BCUT2D eigenvalue weighted by molar-refractivity contribution is 0.0823. The van der Waals surface area contributed by atoms with Crippen molar-refractivity contribution in [3.8, 4) is 0 Å². The van der Waals surface area contributed by atoms with E-state index in [-0.39, 0.29) is 11.7 Å². The van der Waals surface area contributed by atoms with Crippen LogP contribution in [-0.4, -0.2) is 61.5 Å². The summed E-state index contributed by atoms with van der Waals surface area (Å²) in [6.45, 7) is 3.14. The molecule has 40 heavy (non-hydrogen) atoms. The molecule has 1 aliphatic carbocycles. The highest BCUT2D eigenvalue weighted by atomic mass is 32.2. The smallest absolute Gasteiger partial charge is 0.251 e. The van der Waals surface area contributed by atoms with Gasteiger partial charge in [0.15, 0.2) is 0 Å². The fourth-order valence-corrected chi connectivity index (χ4v) is 7.36. The SMILES string of the molecule is CCn1cc2c3c(cc(C(=O)N[C@@H](Cc4ccccc4)[C@H](O)CNC4CCCCCC4)cc31)N(C)S(=O)(=O)CC2. The molecule has 2 heterocycles. The lowest BCUT2D eigenvalue weighted by atomic mass is 9.99. The van der Waals surface area contributed by atoms with Gasteiger partial charge in [0.25, 0.3) is 5.91 Å². The first-order valence-electron chi connectivity index (χ1n) is 14.7. The quantitative estimate of drug-likeness (QED) is 0.340. The maximum absolute atomic E-state index is 13.8. The molecule has 1 amide bonds. The van der Waals surface area contributed by atoms with E-state index in [0.29, 0.717) is 43.2 Å². The highest BCUT2D eigenvalue weighted by Gasteiger charge is 2.30. The molecule has 0 saturated heterocycles. The van der Waals surface area contributed by atoms with Crippen molar-refractivity contribution >= 4 is 32.5 Å². The Morgan fingerprint density at radius 3 is 2.52 bits per heavy atom. The Labute approximate surface area is 237 Å². The van der Waals surface area contributed by atoms with E-state index in [0.717, 1.165) is 34.9 Å². The second-order valence-corrected chi connectivity index (χ2v) is 13.4. The first-order chi connectivity index (χ1) is 19.3. The van der Waals surface area contributed by atoms with Gasteiger partial charge in [-0.15, -0.1) is 0 Å². The van der Waals surface area contributed by atoms with Crippen LogP contribution in [0.4, 0.5) is 5.69 Å². The van der Waals surface area contributed by atoms with E-state index in [2.05, 4.69) is 15.2 Å². The fourth-order valence-electron chi connectivity index (χ4n) is 6.16. The molecule has 2 aliphatic rings. The van der Waals surface area contributed by atoms with E-state index >= 15 is 0 Å². The van der Waals surface area contributed by atoms with E-state index in [9.17, 15) is 18.3 Å². The van der Waals surface area contributed by atoms with Gasteiger partial charge in [-0.05, 0) is 55.9 Å². The van der Waals surface area contributed by atoms with E-state index in [1.54, 1.807) is 13.1 Å². The number of rotatable bonds is 9. The van der Waals surface area contributed by atoms with Crippen molar-refractivity contribution in [3.63, 3.8) is 0 Å². The normalized spacial score (nSPS) is 19.1. The largest absolute Gasteiger partial charge is 0.390 e. The Kier molecular flexibility index (Phi) is 8.83. The number of hydrogen-bond acceptors (Lipinski definition) is 5. The van der Waals surface area contributed by atoms with Gasteiger partial charge < -0.3 is 20.3 Å². The highest BCUT2D eigenvalue weighted by Crippen LogP contribution is 2.37. The predicted molar refractivity (Wildman–Crippen MR) is 160 cm³/mol. The number of benzene rings is 2. The molecular formula is C31H42N4O4S. The molecule has 2 atom stereocenters. The molecule has 0 unspecified atom stereocenters. The van der Waals surface area contributed by atoms with Gasteiger partial charge in [-0.25, -0.2) is 8.42 Å². The second-order valence-electron chi connectivity index (χ2n) is 11.3. The third-order valence-electron chi connectivity index (χ3n) is 8.58.